The molecule has 0 radical (unpaired) electrons. The zero-order valence-electron chi connectivity index (χ0n) is 15.8. The molecule has 3 aromatic rings. The molecule has 0 fully saturated rings. The van der Waals surface area contributed by atoms with Crippen LogP contribution in [0, 0.1) is 0 Å². The van der Waals surface area contributed by atoms with Crippen molar-refractivity contribution in [2.75, 3.05) is 11.9 Å². The molecule has 0 saturated carbocycles. The number of nitrogens with one attached hydrogen (secondary N) is 1. The molecule has 1 amide bonds. The molecule has 146 valence electrons. The number of amides is 1. The van der Waals surface area contributed by atoms with Gasteiger partial charge in [-0.1, -0.05) is 30.3 Å². The minimum atomic E-state index is -0.633. The summed E-state index contributed by atoms with van der Waals surface area (Å²) in [5.41, 5.74) is 1.06. The summed E-state index contributed by atoms with van der Waals surface area (Å²) in [5, 5.41) is 2.58. The van der Waals surface area contributed by atoms with E-state index in [9.17, 15) is 14.4 Å². The standard InChI is InChI=1S/C23H19NO5/c1-16(25)20-9-5-6-10-21(20)24-22(26)15-28-23(27)17-11-13-19(14-12-17)29-18-7-3-2-4-8-18/h2-14H,15H2,1H3,(H,24,26). The summed E-state index contributed by atoms with van der Waals surface area (Å²) in [6.45, 7) is 0.948. The first-order valence-corrected chi connectivity index (χ1v) is 8.93. The van der Waals surface area contributed by atoms with Crippen LogP contribution >= 0.6 is 0 Å². The first kappa shape index (κ1) is 19.8. The van der Waals surface area contributed by atoms with E-state index in [0.29, 0.717) is 28.3 Å². The predicted molar refractivity (Wildman–Crippen MR) is 108 cm³/mol. The summed E-state index contributed by atoms with van der Waals surface area (Å²) in [5.74, 6) is -0.0743. The lowest BCUT2D eigenvalue weighted by molar-refractivity contribution is -0.119. The molecule has 0 unspecified atom stereocenters. The Labute approximate surface area is 168 Å². The van der Waals surface area contributed by atoms with Gasteiger partial charge in [0, 0.05) is 5.56 Å². The van der Waals surface area contributed by atoms with Crippen molar-refractivity contribution in [2.45, 2.75) is 6.92 Å². The molecule has 0 atom stereocenters. The van der Waals surface area contributed by atoms with E-state index in [0.717, 1.165) is 0 Å². The van der Waals surface area contributed by atoms with Crippen molar-refractivity contribution in [3.8, 4) is 11.5 Å². The first-order chi connectivity index (χ1) is 14.0. The van der Waals surface area contributed by atoms with Crippen LogP contribution in [0.5, 0.6) is 11.5 Å². The molecule has 0 spiro atoms. The fourth-order valence-corrected chi connectivity index (χ4v) is 2.58. The summed E-state index contributed by atoms with van der Waals surface area (Å²) >= 11 is 0. The summed E-state index contributed by atoms with van der Waals surface area (Å²) in [7, 11) is 0. The molecule has 0 aliphatic rings. The zero-order chi connectivity index (χ0) is 20.6. The van der Waals surface area contributed by atoms with Gasteiger partial charge in [0.25, 0.3) is 5.91 Å². The average molecular weight is 389 g/mol. The highest BCUT2D eigenvalue weighted by Crippen LogP contribution is 2.21. The second-order valence-corrected chi connectivity index (χ2v) is 6.17. The molecule has 0 aromatic heterocycles. The van der Waals surface area contributed by atoms with Gasteiger partial charge in [-0.3, -0.25) is 9.59 Å². The highest BCUT2D eigenvalue weighted by Gasteiger charge is 2.13. The topological polar surface area (TPSA) is 81.7 Å². The van der Waals surface area contributed by atoms with Gasteiger partial charge < -0.3 is 14.8 Å². The molecular formula is C23H19NO5. The Hall–Kier alpha value is -3.93. The summed E-state index contributed by atoms with van der Waals surface area (Å²) in [4.78, 5) is 35.8. The third-order valence-electron chi connectivity index (χ3n) is 3.98. The molecule has 29 heavy (non-hydrogen) atoms. The van der Waals surface area contributed by atoms with Crippen LogP contribution < -0.4 is 10.1 Å². The highest BCUT2D eigenvalue weighted by atomic mass is 16.5. The maximum absolute atomic E-state index is 12.1. The van der Waals surface area contributed by atoms with Crippen molar-refractivity contribution in [3.63, 3.8) is 0 Å². The molecule has 6 nitrogen and oxygen atoms in total. The van der Waals surface area contributed by atoms with Gasteiger partial charge in [-0.15, -0.1) is 0 Å². The number of carbonyl (C=O) groups excluding carboxylic acids is 3. The first-order valence-electron chi connectivity index (χ1n) is 8.93. The van der Waals surface area contributed by atoms with Crippen molar-refractivity contribution in [2.24, 2.45) is 0 Å². The number of benzene rings is 3. The van der Waals surface area contributed by atoms with Gasteiger partial charge in [0.15, 0.2) is 12.4 Å². The average Bonchev–Trinajstić information content (AvgIpc) is 2.73. The summed E-state index contributed by atoms with van der Waals surface area (Å²) in [6, 6.07) is 22.3. The number of hydrogen-bond acceptors (Lipinski definition) is 5. The Morgan fingerprint density at radius 2 is 1.41 bits per heavy atom. The lowest BCUT2D eigenvalue weighted by Gasteiger charge is -2.10. The molecule has 0 saturated heterocycles. The van der Waals surface area contributed by atoms with Gasteiger partial charge in [-0.25, -0.2) is 4.79 Å². The smallest absolute Gasteiger partial charge is 0.338 e. The van der Waals surface area contributed by atoms with E-state index in [4.69, 9.17) is 9.47 Å². The molecule has 0 bridgehead atoms. The maximum atomic E-state index is 12.1. The van der Waals surface area contributed by atoms with Gasteiger partial charge in [0.1, 0.15) is 11.5 Å². The van der Waals surface area contributed by atoms with Crippen LogP contribution in [0.1, 0.15) is 27.6 Å². The fraction of sp³-hybridized carbons (Fsp3) is 0.0870. The number of esters is 1. The Morgan fingerprint density at radius 1 is 0.793 bits per heavy atom. The van der Waals surface area contributed by atoms with Crippen LogP contribution in [0.2, 0.25) is 0 Å². The van der Waals surface area contributed by atoms with Crippen molar-refractivity contribution in [1.82, 2.24) is 0 Å². The van der Waals surface area contributed by atoms with E-state index in [-0.39, 0.29) is 5.78 Å². The minimum absolute atomic E-state index is 0.171. The quantitative estimate of drug-likeness (QED) is 0.476. The molecule has 0 aliphatic heterocycles. The highest BCUT2D eigenvalue weighted by molar-refractivity contribution is 6.04. The number of anilines is 1. The molecule has 3 rings (SSSR count). The summed E-state index contributed by atoms with van der Waals surface area (Å²) in [6.07, 6.45) is 0. The Bertz CT molecular complexity index is 1010. The number of ketones is 1. The second-order valence-electron chi connectivity index (χ2n) is 6.17. The van der Waals surface area contributed by atoms with Crippen molar-refractivity contribution < 1.29 is 23.9 Å². The van der Waals surface area contributed by atoms with Crippen LogP contribution in [0.15, 0.2) is 78.9 Å². The summed E-state index contributed by atoms with van der Waals surface area (Å²) < 4.78 is 10.7. The lowest BCUT2D eigenvalue weighted by Crippen LogP contribution is -2.22. The fourth-order valence-electron chi connectivity index (χ4n) is 2.58. The van der Waals surface area contributed by atoms with Gasteiger partial charge in [0.2, 0.25) is 0 Å². The van der Waals surface area contributed by atoms with Gasteiger partial charge >= 0.3 is 5.97 Å². The van der Waals surface area contributed by atoms with Crippen molar-refractivity contribution in [3.05, 3.63) is 90.0 Å². The number of ether oxygens (including phenoxy) is 2. The van der Waals surface area contributed by atoms with Crippen LogP contribution in [0.25, 0.3) is 0 Å². The van der Waals surface area contributed by atoms with Gasteiger partial charge in [0.05, 0.1) is 11.3 Å². The predicted octanol–water partition coefficient (Wildman–Crippen LogP) is 4.48. The SMILES string of the molecule is CC(=O)c1ccccc1NC(=O)COC(=O)c1ccc(Oc2ccccc2)cc1. The number of Topliss-reactive ketones (excluding diaryl/α,β-unsaturated/α-hetero) is 1. The zero-order valence-corrected chi connectivity index (χ0v) is 15.8. The largest absolute Gasteiger partial charge is 0.457 e. The van der Waals surface area contributed by atoms with Gasteiger partial charge in [-0.05, 0) is 55.5 Å². The lowest BCUT2D eigenvalue weighted by atomic mass is 10.1. The van der Waals surface area contributed by atoms with E-state index in [2.05, 4.69) is 5.32 Å². The normalized spacial score (nSPS) is 10.1. The van der Waals surface area contributed by atoms with E-state index >= 15 is 0 Å². The van der Waals surface area contributed by atoms with E-state index in [1.54, 1.807) is 48.5 Å². The van der Waals surface area contributed by atoms with Crippen LogP contribution in [0.3, 0.4) is 0 Å². The number of para-hydroxylation sites is 2. The van der Waals surface area contributed by atoms with Crippen molar-refractivity contribution >= 4 is 23.3 Å². The van der Waals surface area contributed by atoms with Gasteiger partial charge in [-0.2, -0.15) is 0 Å². The van der Waals surface area contributed by atoms with E-state index in [1.165, 1.54) is 6.92 Å². The maximum Gasteiger partial charge on any atom is 0.338 e. The minimum Gasteiger partial charge on any atom is -0.457 e. The van der Waals surface area contributed by atoms with E-state index < -0.39 is 18.5 Å². The molecule has 0 heterocycles. The van der Waals surface area contributed by atoms with Crippen LogP contribution in [0.4, 0.5) is 5.69 Å². The Kier molecular flexibility index (Phi) is 6.37. The second kappa shape index (κ2) is 9.32. The van der Waals surface area contributed by atoms with Crippen molar-refractivity contribution in [1.29, 1.82) is 0 Å². The number of hydrogen-bond donors (Lipinski definition) is 1. The monoisotopic (exact) mass is 389 g/mol. The van der Waals surface area contributed by atoms with Crippen LogP contribution in [-0.2, 0) is 9.53 Å². The third-order valence-corrected chi connectivity index (χ3v) is 3.98. The molecule has 1 N–H and O–H groups in total. The Balaban J connectivity index is 1.54. The van der Waals surface area contributed by atoms with Crippen LogP contribution in [-0.4, -0.2) is 24.3 Å². The molecular weight excluding hydrogens is 370 g/mol. The number of carbonyl (C=O) groups is 3. The van der Waals surface area contributed by atoms with E-state index in [1.807, 2.05) is 30.3 Å². The molecule has 3 aromatic carbocycles. The third kappa shape index (κ3) is 5.52. The number of rotatable bonds is 7. The molecule has 0 aliphatic carbocycles. The Morgan fingerprint density at radius 3 is 2.10 bits per heavy atom. The molecule has 6 heteroatoms.